The van der Waals surface area contributed by atoms with Crippen molar-refractivity contribution in [3.63, 3.8) is 0 Å². The number of ether oxygens (including phenoxy) is 1. The molecule has 1 aromatic carbocycles. The van der Waals surface area contributed by atoms with E-state index >= 15 is 0 Å². The van der Waals surface area contributed by atoms with Gasteiger partial charge in [0.05, 0.1) is 16.0 Å². The molecule has 1 aliphatic heterocycles. The Morgan fingerprint density at radius 3 is 2.75 bits per heavy atom. The SMILES string of the molecule is CC(C)(C)OC(=O)N1[C@@H]2CC[C@@H](C2)[C@H]1C(=O)N[C@H](C#N)Cc1ccc(-c2cnc(C3CC3)s2)cc1F. The number of carbonyl (C=O) groups excluding carboxylic acids is 2. The van der Waals surface area contributed by atoms with Gasteiger partial charge in [-0.05, 0) is 76.0 Å². The minimum Gasteiger partial charge on any atom is -0.444 e. The number of nitrogens with zero attached hydrogens (tertiary/aromatic N) is 3. The number of nitriles is 1. The molecule has 1 aromatic heterocycles. The number of benzene rings is 1. The first kappa shape index (κ1) is 24.7. The van der Waals surface area contributed by atoms with Crippen LogP contribution in [0.2, 0.25) is 0 Å². The lowest BCUT2D eigenvalue weighted by Gasteiger charge is -2.35. The van der Waals surface area contributed by atoms with Crippen molar-refractivity contribution in [2.24, 2.45) is 5.92 Å². The molecule has 1 N–H and O–H groups in total. The van der Waals surface area contributed by atoms with E-state index in [1.54, 1.807) is 49.3 Å². The largest absolute Gasteiger partial charge is 0.444 e. The zero-order chi connectivity index (χ0) is 25.6. The third kappa shape index (κ3) is 5.10. The van der Waals surface area contributed by atoms with Gasteiger partial charge in [0.1, 0.15) is 23.5 Å². The average molecular weight is 511 g/mol. The number of thiazole rings is 1. The van der Waals surface area contributed by atoms with E-state index in [2.05, 4.69) is 16.4 Å². The molecule has 190 valence electrons. The number of nitrogens with one attached hydrogen (secondary N) is 1. The molecule has 2 heterocycles. The highest BCUT2D eigenvalue weighted by Gasteiger charge is 2.52. The molecule has 1 saturated heterocycles. The Balaban J connectivity index is 1.26. The number of hydrogen-bond donors (Lipinski definition) is 1. The van der Waals surface area contributed by atoms with Gasteiger partial charge in [-0.15, -0.1) is 11.3 Å². The first-order valence-electron chi connectivity index (χ1n) is 12.6. The second-order valence-corrected chi connectivity index (χ2v) is 12.2. The summed E-state index contributed by atoms with van der Waals surface area (Å²) in [5.41, 5.74) is 0.444. The van der Waals surface area contributed by atoms with Crippen molar-refractivity contribution < 1.29 is 18.7 Å². The maximum Gasteiger partial charge on any atom is 0.411 e. The van der Waals surface area contributed by atoms with Crippen molar-refractivity contribution in [1.29, 1.82) is 5.26 Å². The summed E-state index contributed by atoms with van der Waals surface area (Å²) in [5, 5.41) is 13.6. The van der Waals surface area contributed by atoms with E-state index in [9.17, 15) is 19.2 Å². The maximum absolute atomic E-state index is 15.0. The zero-order valence-electron chi connectivity index (χ0n) is 20.8. The molecule has 2 amide bonds. The van der Waals surface area contributed by atoms with E-state index in [-0.39, 0.29) is 24.3 Å². The zero-order valence-corrected chi connectivity index (χ0v) is 21.6. The molecule has 0 radical (unpaired) electrons. The molecule has 0 spiro atoms. The standard InChI is InChI=1S/C27H31FN4O3S/c1-27(2,3)35-26(34)32-20-9-8-18(11-20)23(32)24(33)31-19(13-29)10-16-6-7-17(12-21(16)28)22-14-30-25(36-22)15-4-5-15/h6-7,12,14-15,18-20,23H,4-5,8-11H2,1-3H3,(H,31,33)/t18-,19-,20+,23-/m0/s1. The lowest BCUT2D eigenvalue weighted by Crippen LogP contribution is -2.55. The first-order valence-corrected chi connectivity index (χ1v) is 13.4. The molecule has 3 aliphatic rings. The van der Waals surface area contributed by atoms with Gasteiger partial charge < -0.3 is 10.1 Å². The Bertz CT molecular complexity index is 1210. The summed E-state index contributed by atoms with van der Waals surface area (Å²) in [7, 11) is 0. The van der Waals surface area contributed by atoms with Gasteiger partial charge in [-0.25, -0.2) is 14.2 Å². The maximum atomic E-state index is 15.0. The van der Waals surface area contributed by atoms with Crippen LogP contribution < -0.4 is 5.32 Å². The van der Waals surface area contributed by atoms with E-state index < -0.39 is 29.6 Å². The molecule has 4 atom stereocenters. The van der Waals surface area contributed by atoms with Crippen LogP contribution in [-0.2, 0) is 16.0 Å². The van der Waals surface area contributed by atoms with Gasteiger partial charge in [0.2, 0.25) is 5.91 Å². The fourth-order valence-corrected chi connectivity index (χ4v) is 6.40. The van der Waals surface area contributed by atoms with Crippen LogP contribution in [0.3, 0.4) is 0 Å². The third-order valence-electron chi connectivity index (χ3n) is 7.14. The molecule has 0 unspecified atom stereocenters. The van der Waals surface area contributed by atoms with Crippen molar-refractivity contribution in [3.8, 4) is 16.5 Å². The summed E-state index contributed by atoms with van der Waals surface area (Å²) < 4.78 is 20.5. The van der Waals surface area contributed by atoms with Gasteiger partial charge in [-0.3, -0.25) is 9.69 Å². The van der Waals surface area contributed by atoms with Crippen LogP contribution in [0.4, 0.5) is 9.18 Å². The smallest absolute Gasteiger partial charge is 0.411 e. The number of piperidine rings is 1. The highest BCUT2D eigenvalue weighted by molar-refractivity contribution is 7.15. The number of hydrogen-bond acceptors (Lipinski definition) is 6. The second-order valence-electron chi connectivity index (χ2n) is 11.1. The molecule has 3 fully saturated rings. The lowest BCUT2D eigenvalue weighted by molar-refractivity contribution is -0.128. The van der Waals surface area contributed by atoms with E-state index in [1.807, 2.05) is 6.07 Å². The predicted octanol–water partition coefficient (Wildman–Crippen LogP) is 5.17. The van der Waals surface area contributed by atoms with Crippen LogP contribution in [0.15, 0.2) is 24.4 Å². The van der Waals surface area contributed by atoms with Gasteiger partial charge in [0, 0.05) is 24.6 Å². The molecule has 7 nitrogen and oxygen atoms in total. The van der Waals surface area contributed by atoms with Crippen LogP contribution in [0.5, 0.6) is 0 Å². The molecule has 2 aliphatic carbocycles. The van der Waals surface area contributed by atoms with Crippen LogP contribution in [0.1, 0.15) is 69.4 Å². The monoisotopic (exact) mass is 510 g/mol. The summed E-state index contributed by atoms with van der Waals surface area (Å²) >= 11 is 1.59. The normalized spacial score (nSPS) is 23.9. The van der Waals surface area contributed by atoms with Crippen molar-refractivity contribution in [2.75, 3.05) is 0 Å². The Morgan fingerprint density at radius 2 is 2.08 bits per heavy atom. The van der Waals surface area contributed by atoms with Crippen molar-refractivity contribution in [1.82, 2.24) is 15.2 Å². The van der Waals surface area contributed by atoms with Crippen LogP contribution in [-0.4, -0.2) is 45.6 Å². The number of rotatable bonds is 6. The number of likely N-dealkylation sites (tertiary alicyclic amines) is 1. The lowest BCUT2D eigenvalue weighted by atomic mass is 9.97. The molecule has 2 saturated carbocycles. The summed E-state index contributed by atoms with van der Waals surface area (Å²) in [4.78, 5) is 33.0. The molecule has 9 heteroatoms. The minimum absolute atomic E-state index is 0.0294. The second kappa shape index (κ2) is 9.47. The number of aromatic nitrogens is 1. The van der Waals surface area contributed by atoms with Gasteiger partial charge in [-0.2, -0.15) is 5.26 Å². The fourth-order valence-electron chi connectivity index (χ4n) is 5.32. The number of halogens is 1. The fraction of sp³-hybridized carbons (Fsp3) is 0.556. The van der Waals surface area contributed by atoms with Gasteiger partial charge in [-0.1, -0.05) is 12.1 Å². The van der Waals surface area contributed by atoms with Crippen LogP contribution in [0.25, 0.3) is 10.4 Å². The van der Waals surface area contributed by atoms with Crippen LogP contribution >= 0.6 is 11.3 Å². The molecule has 5 rings (SSSR count). The Morgan fingerprint density at radius 1 is 1.31 bits per heavy atom. The highest BCUT2D eigenvalue weighted by Crippen LogP contribution is 2.44. The molecule has 2 bridgehead atoms. The molecule has 36 heavy (non-hydrogen) atoms. The summed E-state index contributed by atoms with van der Waals surface area (Å²) in [6.07, 6.45) is 6.11. The van der Waals surface area contributed by atoms with Crippen molar-refractivity contribution in [2.45, 2.75) is 88.9 Å². The van der Waals surface area contributed by atoms with E-state index in [4.69, 9.17) is 4.74 Å². The van der Waals surface area contributed by atoms with Crippen molar-refractivity contribution in [3.05, 3.63) is 40.8 Å². The van der Waals surface area contributed by atoms with Crippen molar-refractivity contribution >= 4 is 23.3 Å². The summed E-state index contributed by atoms with van der Waals surface area (Å²) in [6.45, 7) is 5.38. The predicted molar refractivity (Wildman–Crippen MR) is 134 cm³/mol. The van der Waals surface area contributed by atoms with Crippen LogP contribution in [0, 0.1) is 23.1 Å². The van der Waals surface area contributed by atoms with E-state index in [0.29, 0.717) is 11.5 Å². The van der Waals surface area contributed by atoms with Gasteiger partial charge >= 0.3 is 6.09 Å². The highest BCUT2D eigenvalue weighted by atomic mass is 32.1. The van der Waals surface area contributed by atoms with Gasteiger partial charge in [0.25, 0.3) is 0 Å². The Labute approximate surface area is 214 Å². The third-order valence-corrected chi connectivity index (χ3v) is 8.35. The summed E-state index contributed by atoms with van der Waals surface area (Å²) in [6, 6.07) is 5.44. The topological polar surface area (TPSA) is 95.3 Å². The quantitative estimate of drug-likeness (QED) is 0.579. The number of amides is 2. The van der Waals surface area contributed by atoms with Gasteiger partial charge in [0.15, 0.2) is 0 Å². The van der Waals surface area contributed by atoms with E-state index in [0.717, 1.165) is 34.7 Å². The number of carbonyl (C=O) groups is 2. The van der Waals surface area contributed by atoms with E-state index in [1.165, 1.54) is 18.9 Å². The first-order chi connectivity index (χ1) is 17.1. The molecule has 2 aromatic rings. The summed E-state index contributed by atoms with van der Waals surface area (Å²) in [5.74, 6) is -0.209. The minimum atomic E-state index is -0.915. The number of fused-ring (bicyclic) bond motifs is 2. The molecular formula is C27H31FN4O3S. The molecular weight excluding hydrogens is 479 g/mol. The Hall–Kier alpha value is -2.99. The average Bonchev–Trinajstić information content (AvgIpc) is 3.22. The Kier molecular flexibility index (Phi) is 6.50.